The standard InChI is InChI=1S/C26H20F8N4O/c1-4-38-22-17(11-36-38)20(16-6-5-7-18(27)21(16)28)19(12-35-22)37-23(39)24(2,3)13-8-14(25(29,30)31)10-15(9-13)26(32,33)34/h5-12H,4H2,1-3H3,(H,37,39). The minimum atomic E-state index is -5.11. The van der Waals surface area contributed by atoms with Gasteiger partial charge in [-0.1, -0.05) is 12.1 Å². The molecule has 206 valence electrons. The fourth-order valence-corrected chi connectivity index (χ4v) is 4.07. The van der Waals surface area contributed by atoms with Crippen LogP contribution in [-0.4, -0.2) is 20.7 Å². The number of aromatic nitrogens is 3. The number of hydrogen-bond donors (Lipinski definition) is 1. The Morgan fingerprint density at radius 3 is 2.08 bits per heavy atom. The first kappa shape index (κ1) is 28.0. The van der Waals surface area contributed by atoms with E-state index in [-0.39, 0.29) is 33.9 Å². The van der Waals surface area contributed by atoms with Crippen LogP contribution >= 0.6 is 0 Å². The molecule has 0 aliphatic rings. The van der Waals surface area contributed by atoms with E-state index in [1.165, 1.54) is 23.0 Å². The molecule has 0 aliphatic carbocycles. The zero-order valence-corrected chi connectivity index (χ0v) is 20.6. The number of hydrogen-bond acceptors (Lipinski definition) is 3. The Kier molecular flexibility index (Phi) is 6.90. The van der Waals surface area contributed by atoms with Gasteiger partial charge in [-0.25, -0.2) is 18.4 Å². The maximum absolute atomic E-state index is 14.9. The van der Waals surface area contributed by atoms with E-state index in [1.807, 2.05) is 0 Å². The molecule has 0 atom stereocenters. The van der Waals surface area contributed by atoms with Gasteiger partial charge in [0.15, 0.2) is 17.3 Å². The van der Waals surface area contributed by atoms with Crippen molar-refractivity contribution < 1.29 is 39.9 Å². The lowest BCUT2D eigenvalue weighted by molar-refractivity contribution is -0.143. The lowest BCUT2D eigenvalue weighted by atomic mass is 9.81. The van der Waals surface area contributed by atoms with Crippen molar-refractivity contribution in [3.05, 3.63) is 77.1 Å². The van der Waals surface area contributed by atoms with E-state index in [0.29, 0.717) is 18.7 Å². The van der Waals surface area contributed by atoms with Crippen LogP contribution in [0.3, 0.4) is 0 Å². The Labute approximate surface area is 216 Å². The Bertz CT molecular complexity index is 1540. The van der Waals surface area contributed by atoms with Crippen LogP contribution < -0.4 is 5.32 Å². The molecule has 2 heterocycles. The number of aryl methyl sites for hydroxylation is 1. The summed E-state index contributed by atoms with van der Waals surface area (Å²) in [5.74, 6) is -3.43. The van der Waals surface area contributed by atoms with Crippen LogP contribution in [0.25, 0.3) is 22.2 Å². The summed E-state index contributed by atoms with van der Waals surface area (Å²) in [7, 11) is 0. The first-order valence-electron chi connectivity index (χ1n) is 11.5. The van der Waals surface area contributed by atoms with Gasteiger partial charge < -0.3 is 5.32 Å². The average Bonchev–Trinajstić information content (AvgIpc) is 3.27. The number of amides is 1. The molecule has 0 spiro atoms. The van der Waals surface area contributed by atoms with E-state index in [2.05, 4.69) is 15.4 Å². The topological polar surface area (TPSA) is 59.8 Å². The Hall–Kier alpha value is -4.03. The summed E-state index contributed by atoms with van der Waals surface area (Å²) < 4.78 is 111. The van der Waals surface area contributed by atoms with Gasteiger partial charge in [-0.05, 0) is 50.6 Å². The smallest absolute Gasteiger partial charge is 0.323 e. The molecule has 0 unspecified atom stereocenters. The molecule has 0 radical (unpaired) electrons. The van der Waals surface area contributed by atoms with E-state index >= 15 is 0 Å². The molecular formula is C26H20F8N4O. The number of carbonyl (C=O) groups is 1. The van der Waals surface area contributed by atoms with Crippen LogP contribution in [0.4, 0.5) is 40.8 Å². The highest BCUT2D eigenvalue weighted by molar-refractivity contribution is 6.06. The molecule has 1 amide bonds. The predicted molar refractivity (Wildman–Crippen MR) is 127 cm³/mol. The minimum absolute atomic E-state index is 0.0131. The molecular weight excluding hydrogens is 536 g/mol. The molecule has 0 saturated heterocycles. The molecule has 4 rings (SSSR count). The highest BCUT2D eigenvalue weighted by Crippen LogP contribution is 2.41. The van der Waals surface area contributed by atoms with Gasteiger partial charge in [0.05, 0.1) is 34.6 Å². The number of halogens is 8. The van der Waals surface area contributed by atoms with Crippen molar-refractivity contribution in [2.45, 2.75) is 45.1 Å². The maximum Gasteiger partial charge on any atom is 0.416 e. The number of fused-ring (bicyclic) bond motifs is 1. The lowest BCUT2D eigenvalue weighted by Crippen LogP contribution is -2.35. The zero-order valence-electron chi connectivity index (χ0n) is 20.6. The number of benzene rings is 2. The first-order valence-corrected chi connectivity index (χ1v) is 11.5. The Morgan fingerprint density at radius 2 is 1.51 bits per heavy atom. The Balaban J connectivity index is 1.86. The van der Waals surface area contributed by atoms with Crippen LogP contribution in [0.15, 0.2) is 48.8 Å². The van der Waals surface area contributed by atoms with Gasteiger partial charge in [-0.3, -0.25) is 4.79 Å². The number of carbonyl (C=O) groups excluding carboxylic acids is 1. The molecule has 4 aromatic rings. The molecule has 0 bridgehead atoms. The predicted octanol–water partition coefficient (Wildman–Crippen LogP) is 7.35. The molecule has 0 aliphatic heterocycles. The van der Waals surface area contributed by atoms with E-state index in [1.54, 1.807) is 6.92 Å². The van der Waals surface area contributed by atoms with Gasteiger partial charge in [-0.15, -0.1) is 0 Å². The molecule has 5 nitrogen and oxygen atoms in total. The summed E-state index contributed by atoms with van der Waals surface area (Å²) >= 11 is 0. The van der Waals surface area contributed by atoms with Crippen molar-refractivity contribution in [3.8, 4) is 11.1 Å². The SMILES string of the molecule is CCn1ncc2c(-c3cccc(F)c3F)c(NC(=O)C(C)(C)c3cc(C(F)(F)F)cc(C(F)(F)F)c3)cnc21. The third-order valence-corrected chi connectivity index (χ3v) is 6.31. The zero-order chi connectivity index (χ0) is 28.9. The monoisotopic (exact) mass is 556 g/mol. The van der Waals surface area contributed by atoms with Crippen molar-refractivity contribution >= 4 is 22.6 Å². The third kappa shape index (κ3) is 5.17. The summed E-state index contributed by atoms with van der Waals surface area (Å²) in [6, 6.07) is 4.27. The van der Waals surface area contributed by atoms with Crippen molar-refractivity contribution in [2.24, 2.45) is 0 Å². The van der Waals surface area contributed by atoms with Gasteiger partial charge in [0.25, 0.3) is 0 Å². The molecule has 1 N–H and O–H groups in total. The van der Waals surface area contributed by atoms with Crippen molar-refractivity contribution in [1.82, 2.24) is 14.8 Å². The second kappa shape index (κ2) is 9.62. The summed E-state index contributed by atoms with van der Waals surface area (Å²) in [5.41, 5.74) is -5.80. The highest BCUT2D eigenvalue weighted by atomic mass is 19.4. The largest absolute Gasteiger partial charge is 0.416 e. The average molecular weight is 556 g/mol. The summed E-state index contributed by atoms with van der Waals surface area (Å²) in [6.07, 6.45) is -7.76. The maximum atomic E-state index is 14.9. The summed E-state index contributed by atoms with van der Waals surface area (Å²) in [4.78, 5) is 17.6. The van der Waals surface area contributed by atoms with E-state index in [0.717, 1.165) is 26.1 Å². The quantitative estimate of drug-likeness (QED) is 0.262. The van der Waals surface area contributed by atoms with Crippen molar-refractivity contribution in [1.29, 1.82) is 0 Å². The number of anilines is 1. The summed E-state index contributed by atoms with van der Waals surface area (Å²) in [5, 5.41) is 6.82. The van der Waals surface area contributed by atoms with Crippen LogP contribution in [0, 0.1) is 11.6 Å². The van der Waals surface area contributed by atoms with Crippen LogP contribution in [0.1, 0.15) is 37.5 Å². The van der Waals surface area contributed by atoms with E-state index < -0.39 is 52.0 Å². The van der Waals surface area contributed by atoms with Gasteiger partial charge in [-0.2, -0.15) is 31.4 Å². The highest BCUT2D eigenvalue weighted by Gasteiger charge is 2.40. The molecule has 13 heteroatoms. The van der Waals surface area contributed by atoms with E-state index in [4.69, 9.17) is 0 Å². The number of nitrogens with one attached hydrogen (secondary N) is 1. The number of rotatable bonds is 5. The van der Waals surface area contributed by atoms with Crippen LogP contribution in [-0.2, 0) is 29.1 Å². The number of pyridine rings is 1. The fourth-order valence-electron chi connectivity index (χ4n) is 4.07. The lowest BCUT2D eigenvalue weighted by Gasteiger charge is -2.27. The Morgan fingerprint density at radius 1 is 0.923 bits per heavy atom. The number of nitrogens with zero attached hydrogens (tertiary/aromatic N) is 3. The molecule has 0 fully saturated rings. The number of alkyl halides is 6. The van der Waals surface area contributed by atoms with Gasteiger partial charge >= 0.3 is 12.4 Å². The second-order valence-electron chi connectivity index (χ2n) is 9.22. The second-order valence-corrected chi connectivity index (χ2v) is 9.22. The summed E-state index contributed by atoms with van der Waals surface area (Å²) in [6.45, 7) is 4.42. The normalized spacial score (nSPS) is 12.7. The van der Waals surface area contributed by atoms with Gasteiger partial charge in [0.1, 0.15) is 0 Å². The minimum Gasteiger partial charge on any atom is -0.323 e. The molecule has 2 aromatic carbocycles. The van der Waals surface area contributed by atoms with Gasteiger partial charge in [0.2, 0.25) is 5.91 Å². The van der Waals surface area contributed by atoms with Crippen LogP contribution in [0.5, 0.6) is 0 Å². The first-order chi connectivity index (χ1) is 18.1. The van der Waals surface area contributed by atoms with E-state index in [9.17, 15) is 39.9 Å². The molecule has 2 aromatic heterocycles. The molecule has 39 heavy (non-hydrogen) atoms. The third-order valence-electron chi connectivity index (χ3n) is 6.31. The van der Waals surface area contributed by atoms with Gasteiger partial charge in [0, 0.05) is 23.1 Å². The fraction of sp³-hybridized carbons (Fsp3) is 0.269. The van der Waals surface area contributed by atoms with Crippen LogP contribution in [0.2, 0.25) is 0 Å². The van der Waals surface area contributed by atoms with Crippen molar-refractivity contribution in [2.75, 3.05) is 5.32 Å². The molecule has 0 saturated carbocycles. The van der Waals surface area contributed by atoms with Crippen molar-refractivity contribution in [3.63, 3.8) is 0 Å².